The predicted molar refractivity (Wildman–Crippen MR) is 124 cm³/mol. The van der Waals surface area contributed by atoms with Crippen molar-refractivity contribution in [3.05, 3.63) is 45.8 Å². The lowest BCUT2D eigenvalue weighted by atomic mass is 10.0. The summed E-state index contributed by atoms with van der Waals surface area (Å²) in [4.78, 5) is 28.9. The standard InChI is InChI=1S/C21H26N2O5S2.ClH/c1-5-28-21(25)18-16-9-10-23(13(2)3)12-17(16)29-20(18)22-19(24)14-7-6-8-15(11-14)30(4,26)27;/h6-8,11,13H,5,9-10,12H2,1-4H3,(H,22,24);1H. The lowest BCUT2D eigenvalue weighted by Gasteiger charge is -2.30. The molecule has 0 aliphatic carbocycles. The minimum Gasteiger partial charge on any atom is -0.462 e. The van der Waals surface area contributed by atoms with E-state index in [4.69, 9.17) is 4.74 Å². The number of fused-ring (bicyclic) bond motifs is 1. The Morgan fingerprint density at radius 1 is 1.29 bits per heavy atom. The molecule has 0 saturated carbocycles. The summed E-state index contributed by atoms with van der Waals surface area (Å²) < 4.78 is 28.9. The van der Waals surface area contributed by atoms with Crippen LogP contribution in [0, 0.1) is 0 Å². The van der Waals surface area contributed by atoms with Crippen LogP contribution in [0.4, 0.5) is 5.00 Å². The quantitative estimate of drug-likeness (QED) is 0.625. The summed E-state index contributed by atoms with van der Waals surface area (Å²) in [6.07, 6.45) is 1.80. The first-order chi connectivity index (χ1) is 14.1. The Morgan fingerprint density at radius 3 is 2.61 bits per heavy atom. The van der Waals surface area contributed by atoms with Crippen molar-refractivity contribution in [2.75, 3.05) is 24.7 Å². The number of hydrogen-bond acceptors (Lipinski definition) is 7. The minimum absolute atomic E-state index is 0. The molecule has 0 bridgehead atoms. The molecular formula is C21H27ClN2O5S2. The zero-order valence-electron chi connectivity index (χ0n) is 17.9. The molecule has 31 heavy (non-hydrogen) atoms. The maximum Gasteiger partial charge on any atom is 0.341 e. The lowest BCUT2D eigenvalue weighted by molar-refractivity contribution is 0.0526. The van der Waals surface area contributed by atoms with Crippen molar-refractivity contribution in [3.63, 3.8) is 0 Å². The molecule has 1 aliphatic rings. The highest BCUT2D eigenvalue weighted by molar-refractivity contribution is 7.90. The molecule has 0 atom stereocenters. The van der Waals surface area contributed by atoms with E-state index in [9.17, 15) is 18.0 Å². The van der Waals surface area contributed by atoms with Crippen LogP contribution in [-0.4, -0.2) is 50.6 Å². The van der Waals surface area contributed by atoms with E-state index in [2.05, 4.69) is 24.1 Å². The Kier molecular flexibility index (Phi) is 8.27. The number of thiophene rings is 1. The summed E-state index contributed by atoms with van der Waals surface area (Å²) in [5.41, 5.74) is 1.55. The number of sulfone groups is 1. The maximum atomic E-state index is 12.8. The Hall–Kier alpha value is -1.94. The predicted octanol–water partition coefficient (Wildman–Crippen LogP) is 3.77. The molecule has 2 aromatic rings. The molecule has 0 spiro atoms. The largest absolute Gasteiger partial charge is 0.462 e. The second-order valence-electron chi connectivity index (χ2n) is 7.50. The van der Waals surface area contributed by atoms with Crippen LogP contribution in [0.15, 0.2) is 29.2 Å². The smallest absolute Gasteiger partial charge is 0.341 e. The lowest BCUT2D eigenvalue weighted by Crippen LogP contribution is -2.35. The van der Waals surface area contributed by atoms with Gasteiger partial charge in [0.25, 0.3) is 5.91 Å². The van der Waals surface area contributed by atoms with Crippen molar-refractivity contribution in [3.8, 4) is 0 Å². The van der Waals surface area contributed by atoms with Gasteiger partial charge >= 0.3 is 5.97 Å². The second-order valence-corrected chi connectivity index (χ2v) is 10.6. The van der Waals surface area contributed by atoms with Gasteiger partial charge in [-0.1, -0.05) is 6.07 Å². The summed E-state index contributed by atoms with van der Waals surface area (Å²) in [5.74, 6) is -0.918. The number of rotatable bonds is 6. The molecule has 3 rings (SSSR count). The van der Waals surface area contributed by atoms with E-state index >= 15 is 0 Å². The zero-order valence-corrected chi connectivity index (χ0v) is 20.4. The fraction of sp³-hybridized carbons (Fsp3) is 0.429. The number of carbonyl (C=O) groups is 2. The Bertz CT molecular complexity index is 1080. The van der Waals surface area contributed by atoms with Gasteiger partial charge < -0.3 is 10.1 Å². The van der Waals surface area contributed by atoms with Gasteiger partial charge in [-0.2, -0.15) is 0 Å². The van der Waals surface area contributed by atoms with E-state index in [1.165, 1.54) is 29.5 Å². The van der Waals surface area contributed by atoms with Crippen LogP contribution in [0.1, 0.15) is 51.9 Å². The average Bonchev–Trinajstić information content (AvgIpc) is 3.04. The number of halogens is 1. The summed E-state index contributed by atoms with van der Waals surface area (Å²) >= 11 is 1.38. The monoisotopic (exact) mass is 486 g/mol. The van der Waals surface area contributed by atoms with Crippen molar-refractivity contribution in [1.82, 2.24) is 4.90 Å². The molecule has 1 aliphatic heterocycles. The molecule has 0 radical (unpaired) electrons. The Balaban J connectivity index is 0.00000341. The van der Waals surface area contributed by atoms with Gasteiger partial charge in [-0.05, 0) is 51.0 Å². The highest BCUT2D eigenvalue weighted by Gasteiger charge is 2.30. The number of amides is 1. The maximum absolute atomic E-state index is 12.8. The number of anilines is 1. The number of hydrogen-bond donors (Lipinski definition) is 1. The van der Waals surface area contributed by atoms with Crippen LogP contribution in [0.2, 0.25) is 0 Å². The number of benzene rings is 1. The van der Waals surface area contributed by atoms with Gasteiger partial charge in [-0.15, -0.1) is 23.7 Å². The third kappa shape index (κ3) is 5.65. The Labute approximate surface area is 193 Å². The van der Waals surface area contributed by atoms with Gasteiger partial charge in [0.2, 0.25) is 0 Å². The zero-order chi connectivity index (χ0) is 22.1. The SMILES string of the molecule is CCOC(=O)c1c(NC(=O)c2cccc(S(C)(=O)=O)c2)sc2c1CCN(C(C)C)C2.Cl. The van der Waals surface area contributed by atoms with Crippen LogP contribution in [0.5, 0.6) is 0 Å². The highest BCUT2D eigenvalue weighted by atomic mass is 35.5. The number of ether oxygens (including phenoxy) is 1. The average molecular weight is 487 g/mol. The number of esters is 1. The topological polar surface area (TPSA) is 92.8 Å². The van der Waals surface area contributed by atoms with E-state index in [0.717, 1.165) is 23.2 Å². The van der Waals surface area contributed by atoms with Crippen molar-refractivity contribution in [1.29, 1.82) is 0 Å². The molecule has 1 amide bonds. The minimum atomic E-state index is -3.43. The summed E-state index contributed by atoms with van der Waals surface area (Å²) in [5, 5.41) is 3.25. The molecule has 170 valence electrons. The van der Waals surface area contributed by atoms with Crippen molar-refractivity contribution < 1.29 is 22.7 Å². The first kappa shape index (κ1) is 25.3. The van der Waals surface area contributed by atoms with Crippen molar-refractivity contribution in [2.45, 2.75) is 44.7 Å². The molecule has 7 nitrogen and oxygen atoms in total. The van der Waals surface area contributed by atoms with Crippen molar-refractivity contribution in [2.24, 2.45) is 0 Å². The van der Waals surface area contributed by atoms with E-state index in [1.807, 2.05) is 0 Å². The number of nitrogens with zero attached hydrogens (tertiary/aromatic N) is 1. The molecule has 1 aromatic carbocycles. The molecule has 0 saturated heterocycles. The van der Waals surface area contributed by atoms with Crippen LogP contribution in [0.25, 0.3) is 0 Å². The first-order valence-electron chi connectivity index (χ1n) is 9.79. The van der Waals surface area contributed by atoms with Gasteiger partial charge in [-0.3, -0.25) is 9.69 Å². The van der Waals surface area contributed by atoms with Crippen molar-refractivity contribution >= 4 is 50.5 Å². The second kappa shape index (κ2) is 10.1. The fourth-order valence-corrected chi connectivity index (χ4v) is 5.34. The normalized spacial score (nSPS) is 14.0. The molecule has 1 N–H and O–H groups in total. The molecule has 0 unspecified atom stereocenters. The van der Waals surface area contributed by atoms with Crippen LogP contribution >= 0.6 is 23.7 Å². The third-order valence-electron chi connectivity index (χ3n) is 5.05. The molecule has 1 aromatic heterocycles. The molecule has 0 fully saturated rings. The van der Waals surface area contributed by atoms with Crippen LogP contribution < -0.4 is 5.32 Å². The number of carbonyl (C=O) groups excluding carboxylic acids is 2. The number of nitrogens with one attached hydrogen (secondary N) is 1. The van der Waals surface area contributed by atoms with E-state index in [-0.39, 0.29) is 29.5 Å². The van der Waals surface area contributed by atoms with E-state index < -0.39 is 21.7 Å². The third-order valence-corrected chi connectivity index (χ3v) is 7.29. The molecular weight excluding hydrogens is 460 g/mol. The van der Waals surface area contributed by atoms with E-state index in [1.54, 1.807) is 13.0 Å². The van der Waals surface area contributed by atoms with Gasteiger partial charge in [-0.25, -0.2) is 13.2 Å². The Morgan fingerprint density at radius 2 is 2.00 bits per heavy atom. The van der Waals surface area contributed by atoms with Gasteiger partial charge in [0.15, 0.2) is 9.84 Å². The summed E-state index contributed by atoms with van der Waals surface area (Å²) in [6, 6.07) is 6.23. The van der Waals surface area contributed by atoms with Crippen LogP contribution in [0.3, 0.4) is 0 Å². The van der Waals surface area contributed by atoms with E-state index in [0.29, 0.717) is 29.6 Å². The molecule has 2 heterocycles. The molecule has 10 heteroatoms. The highest BCUT2D eigenvalue weighted by Crippen LogP contribution is 2.38. The van der Waals surface area contributed by atoms with Gasteiger partial charge in [0.05, 0.1) is 17.1 Å². The van der Waals surface area contributed by atoms with Crippen LogP contribution in [-0.2, 0) is 27.5 Å². The van der Waals surface area contributed by atoms with Gasteiger partial charge in [0, 0.05) is 35.8 Å². The van der Waals surface area contributed by atoms with Gasteiger partial charge in [0.1, 0.15) is 5.00 Å². The summed E-state index contributed by atoms with van der Waals surface area (Å²) in [7, 11) is -3.43. The summed E-state index contributed by atoms with van der Waals surface area (Å²) in [6.45, 7) is 7.78. The first-order valence-corrected chi connectivity index (χ1v) is 12.5. The fourth-order valence-electron chi connectivity index (χ4n) is 3.41.